The van der Waals surface area contributed by atoms with Gasteiger partial charge >= 0.3 is 0 Å². The fourth-order valence-electron chi connectivity index (χ4n) is 4.54. The van der Waals surface area contributed by atoms with Crippen molar-refractivity contribution < 1.29 is 9.53 Å². The second-order valence-electron chi connectivity index (χ2n) is 6.97. The van der Waals surface area contributed by atoms with Crippen LogP contribution in [0.15, 0.2) is 60.7 Å². The average molecular weight is 317 g/mol. The molecule has 1 heterocycles. The monoisotopic (exact) mass is 317 g/mol. The molecule has 3 atom stereocenters. The van der Waals surface area contributed by atoms with Gasteiger partial charge in [0.05, 0.1) is 0 Å². The van der Waals surface area contributed by atoms with E-state index >= 15 is 0 Å². The maximum absolute atomic E-state index is 11.8. The van der Waals surface area contributed by atoms with Gasteiger partial charge in [0.15, 0.2) is 5.78 Å². The van der Waals surface area contributed by atoms with Crippen LogP contribution in [0.25, 0.3) is 0 Å². The topological polar surface area (TPSA) is 38.3 Å². The highest BCUT2D eigenvalue weighted by Gasteiger charge is 2.68. The van der Waals surface area contributed by atoms with E-state index in [4.69, 9.17) is 4.74 Å². The number of hydrogen-bond acceptors (Lipinski definition) is 3. The Balaban J connectivity index is 1.53. The van der Waals surface area contributed by atoms with Gasteiger partial charge in [0.25, 0.3) is 0 Å². The Morgan fingerprint density at radius 1 is 1.12 bits per heavy atom. The molecule has 2 aromatic carbocycles. The van der Waals surface area contributed by atoms with Crippen molar-refractivity contribution in [3.05, 3.63) is 77.4 Å². The zero-order chi connectivity index (χ0) is 16.1. The fourth-order valence-corrected chi connectivity index (χ4v) is 4.54. The predicted molar refractivity (Wildman–Crippen MR) is 91.8 cm³/mol. The van der Waals surface area contributed by atoms with Gasteiger partial charge in [-0.2, -0.15) is 0 Å². The van der Waals surface area contributed by atoms with Crippen molar-refractivity contribution >= 4 is 5.78 Å². The first-order valence-electron chi connectivity index (χ1n) is 8.53. The van der Waals surface area contributed by atoms with Crippen LogP contribution >= 0.6 is 0 Å². The number of carbonyl (C=O) groups is 1. The summed E-state index contributed by atoms with van der Waals surface area (Å²) in [6, 6.07) is 16.9. The molecular formula is C21H19NO2. The van der Waals surface area contributed by atoms with E-state index in [9.17, 15) is 4.79 Å². The largest absolute Gasteiger partial charge is 0.489 e. The lowest BCUT2D eigenvalue weighted by Crippen LogP contribution is -2.31. The minimum Gasteiger partial charge on any atom is -0.489 e. The molecule has 1 fully saturated rings. The summed E-state index contributed by atoms with van der Waals surface area (Å²) in [5.74, 6) is 1.58. The quantitative estimate of drug-likeness (QED) is 0.945. The van der Waals surface area contributed by atoms with Crippen molar-refractivity contribution in [2.75, 3.05) is 0 Å². The highest BCUT2D eigenvalue weighted by Crippen LogP contribution is 2.63. The van der Waals surface area contributed by atoms with Crippen molar-refractivity contribution in [2.24, 2.45) is 5.92 Å². The van der Waals surface area contributed by atoms with Crippen LogP contribution in [-0.2, 0) is 23.4 Å². The predicted octanol–water partition coefficient (Wildman–Crippen LogP) is 3.13. The smallest absolute Gasteiger partial charge is 0.155 e. The molecule has 3 aliphatic rings. The summed E-state index contributed by atoms with van der Waals surface area (Å²) in [4.78, 5) is 11.8. The molecule has 2 aromatic rings. The Morgan fingerprint density at radius 3 is 2.88 bits per heavy atom. The highest BCUT2D eigenvalue weighted by atomic mass is 16.5. The Hall–Kier alpha value is -2.39. The van der Waals surface area contributed by atoms with Crippen molar-refractivity contribution in [1.82, 2.24) is 5.32 Å². The first-order chi connectivity index (χ1) is 11.8. The van der Waals surface area contributed by atoms with Gasteiger partial charge in [-0.25, -0.2) is 0 Å². The molecule has 1 aliphatic heterocycles. The third-order valence-corrected chi connectivity index (χ3v) is 5.68. The number of allylic oxidation sites excluding steroid dienone is 1. The molecule has 1 N–H and O–H groups in total. The van der Waals surface area contributed by atoms with Gasteiger partial charge < -0.3 is 10.1 Å². The molecule has 1 spiro atoms. The van der Waals surface area contributed by atoms with Crippen molar-refractivity contribution in [2.45, 2.75) is 31.0 Å². The van der Waals surface area contributed by atoms with Gasteiger partial charge in [0, 0.05) is 30.0 Å². The minimum atomic E-state index is -0.0469. The molecule has 0 saturated heterocycles. The van der Waals surface area contributed by atoms with Crippen molar-refractivity contribution in [1.29, 1.82) is 0 Å². The zero-order valence-corrected chi connectivity index (χ0v) is 13.4. The van der Waals surface area contributed by atoms with Gasteiger partial charge in [-0.1, -0.05) is 48.5 Å². The third kappa shape index (κ3) is 1.91. The number of rotatable bonds is 3. The summed E-state index contributed by atoms with van der Waals surface area (Å²) < 4.78 is 6.21. The second-order valence-corrected chi connectivity index (χ2v) is 6.97. The van der Waals surface area contributed by atoms with Gasteiger partial charge in [0.1, 0.15) is 12.4 Å². The molecule has 3 heteroatoms. The minimum absolute atomic E-state index is 0.0469. The highest BCUT2D eigenvalue weighted by molar-refractivity contribution is 5.93. The van der Waals surface area contributed by atoms with Crippen LogP contribution in [0.2, 0.25) is 0 Å². The summed E-state index contributed by atoms with van der Waals surface area (Å²) in [6.07, 6.45) is 4.52. The van der Waals surface area contributed by atoms with E-state index in [2.05, 4.69) is 41.7 Å². The van der Waals surface area contributed by atoms with E-state index in [1.807, 2.05) is 18.2 Å². The zero-order valence-electron chi connectivity index (χ0n) is 13.4. The molecular weight excluding hydrogens is 298 g/mol. The Bertz CT molecular complexity index is 842. The van der Waals surface area contributed by atoms with Gasteiger partial charge in [-0.15, -0.1) is 0 Å². The maximum Gasteiger partial charge on any atom is 0.155 e. The first kappa shape index (κ1) is 14.0. The van der Waals surface area contributed by atoms with Crippen molar-refractivity contribution in [3.63, 3.8) is 0 Å². The SMILES string of the molecule is O=C1C=C[C@@]23c4c(cccc4OCc4ccccc4)CNC2[C@H]3C1. The normalized spacial score (nSPS) is 29.4. The summed E-state index contributed by atoms with van der Waals surface area (Å²) in [7, 11) is 0. The molecule has 0 bridgehead atoms. The average Bonchev–Trinajstić information content (AvgIpc) is 3.29. The van der Waals surface area contributed by atoms with Crippen LogP contribution in [0, 0.1) is 5.92 Å². The third-order valence-electron chi connectivity index (χ3n) is 5.68. The summed E-state index contributed by atoms with van der Waals surface area (Å²) in [6.45, 7) is 1.42. The number of carbonyl (C=O) groups excluding carboxylic acids is 1. The Labute approximate surface area is 141 Å². The van der Waals surface area contributed by atoms with Gasteiger partial charge in [0.2, 0.25) is 0 Å². The number of ether oxygens (including phenoxy) is 1. The summed E-state index contributed by atoms with van der Waals surface area (Å²) in [5.41, 5.74) is 3.70. The lowest BCUT2D eigenvalue weighted by atomic mass is 9.82. The number of benzene rings is 2. The van der Waals surface area contributed by atoms with E-state index < -0.39 is 0 Å². The second kappa shape index (κ2) is 5.05. The fraction of sp³-hybridized carbons (Fsp3) is 0.286. The standard InChI is InChI=1S/C21H19NO2/c23-16-9-10-21-17(11-16)20(21)22-12-15-7-4-8-18(19(15)21)24-13-14-5-2-1-3-6-14/h1-10,17,20,22H,11-13H2/t17-,20?,21-/m1/s1. The van der Waals surface area contributed by atoms with Crippen LogP contribution in [0.4, 0.5) is 0 Å². The van der Waals surface area contributed by atoms with E-state index in [1.165, 1.54) is 16.7 Å². The van der Waals surface area contributed by atoms with Crippen LogP contribution in [0.3, 0.4) is 0 Å². The molecule has 5 rings (SSSR count). The molecule has 120 valence electrons. The molecule has 3 nitrogen and oxygen atoms in total. The number of ketones is 1. The van der Waals surface area contributed by atoms with Crippen LogP contribution in [-0.4, -0.2) is 11.8 Å². The van der Waals surface area contributed by atoms with Crippen LogP contribution in [0.5, 0.6) is 5.75 Å². The lowest BCUT2D eigenvalue weighted by Gasteiger charge is -2.27. The molecule has 1 unspecified atom stereocenters. The van der Waals surface area contributed by atoms with Crippen molar-refractivity contribution in [3.8, 4) is 5.75 Å². The molecule has 0 amide bonds. The van der Waals surface area contributed by atoms with Crippen LogP contribution < -0.4 is 10.1 Å². The Kier molecular flexibility index (Phi) is 2.95. The number of fused-ring (bicyclic) bond motifs is 2. The first-order valence-corrected chi connectivity index (χ1v) is 8.53. The van der Waals surface area contributed by atoms with Gasteiger partial charge in [-0.3, -0.25) is 4.79 Å². The number of hydrogen-bond donors (Lipinski definition) is 1. The Morgan fingerprint density at radius 2 is 2.00 bits per heavy atom. The van der Waals surface area contributed by atoms with E-state index in [0.717, 1.165) is 12.3 Å². The molecule has 24 heavy (non-hydrogen) atoms. The summed E-state index contributed by atoms with van der Waals surface area (Å²) in [5, 5.41) is 3.61. The van der Waals surface area contributed by atoms with E-state index in [-0.39, 0.29) is 11.2 Å². The number of nitrogens with one attached hydrogen (secondary N) is 1. The van der Waals surface area contributed by atoms with Gasteiger partial charge in [-0.05, 0) is 29.2 Å². The molecule has 0 radical (unpaired) electrons. The lowest BCUT2D eigenvalue weighted by molar-refractivity contribution is -0.115. The molecule has 0 aromatic heterocycles. The maximum atomic E-state index is 11.8. The molecule has 2 aliphatic carbocycles. The van der Waals surface area contributed by atoms with E-state index in [1.54, 1.807) is 6.08 Å². The summed E-state index contributed by atoms with van der Waals surface area (Å²) >= 11 is 0. The van der Waals surface area contributed by atoms with E-state index in [0.29, 0.717) is 25.0 Å². The molecule has 1 saturated carbocycles. The van der Waals surface area contributed by atoms with Crippen LogP contribution in [0.1, 0.15) is 23.1 Å².